The summed E-state index contributed by atoms with van der Waals surface area (Å²) in [5.41, 5.74) is 9.10. The molecule has 0 saturated heterocycles. The molecule has 1 aromatic heterocycles. The molecule has 0 unspecified atom stereocenters. The molecule has 2 N–H and O–H groups in total. The summed E-state index contributed by atoms with van der Waals surface area (Å²) >= 11 is 0. The van der Waals surface area contributed by atoms with Crippen molar-refractivity contribution in [3.63, 3.8) is 0 Å². The van der Waals surface area contributed by atoms with Crippen molar-refractivity contribution in [3.05, 3.63) is 48.2 Å². The first-order valence-corrected chi connectivity index (χ1v) is 4.55. The average molecular weight is 184 g/mol. The average Bonchev–Trinajstić information content (AvgIpc) is 2.20. The molecule has 0 fully saturated rings. The normalized spacial score (nSPS) is 10.1. The molecule has 2 heteroatoms. The third-order valence-electron chi connectivity index (χ3n) is 2.24. The molecule has 0 aliphatic rings. The zero-order valence-electron chi connectivity index (χ0n) is 8.07. The zero-order chi connectivity index (χ0) is 9.97. The maximum atomic E-state index is 5.53. The Hall–Kier alpha value is -1.83. The zero-order valence-corrected chi connectivity index (χ0v) is 8.07. The summed E-state index contributed by atoms with van der Waals surface area (Å²) in [6, 6.07) is 12.0. The number of nitrogen functional groups attached to an aromatic ring is 1. The van der Waals surface area contributed by atoms with E-state index in [0.717, 1.165) is 5.56 Å². The van der Waals surface area contributed by atoms with Crippen molar-refractivity contribution >= 4 is 5.82 Å². The van der Waals surface area contributed by atoms with E-state index in [1.165, 1.54) is 11.1 Å². The Balaban J connectivity index is 2.50. The summed E-state index contributed by atoms with van der Waals surface area (Å²) in [6.07, 6.45) is 1.80. The number of pyridine rings is 1. The van der Waals surface area contributed by atoms with Crippen LogP contribution in [0.2, 0.25) is 0 Å². The van der Waals surface area contributed by atoms with Gasteiger partial charge in [-0.25, -0.2) is 4.98 Å². The lowest BCUT2D eigenvalue weighted by Gasteiger charge is -2.04. The van der Waals surface area contributed by atoms with Crippen molar-refractivity contribution in [1.29, 1.82) is 0 Å². The molecule has 1 heterocycles. The van der Waals surface area contributed by atoms with E-state index in [0.29, 0.717) is 5.82 Å². The van der Waals surface area contributed by atoms with E-state index in [9.17, 15) is 0 Å². The number of nitrogens with two attached hydrogens (primary N) is 1. The molecule has 0 atom stereocenters. The van der Waals surface area contributed by atoms with Gasteiger partial charge in [0.2, 0.25) is 0 Å². The van der Waals surface area contributed by atoms with Crippen LogP contribution in [0.1, 0.15) is 5.56 Å². The number of rotatable bonds is 1. The molecule has 70 valence electrons. The topological polar surface area (TPSA) is 38.9 Å². The van der Waals surface area contributed by atoms with Gasteiger partial charge in [0.05, 0.1) is 0 Å². The summed E-state index contributed by atoms with van der Waals surface area (Å²) < 4.78 is 0. The summed E-state index contributed by atoms with van der Waals surface area (Å²) in [5.74, 6) is 0.558. The van der Waals surface area contributed by atoms with Crippen molar-refractivity contribution < 1.29 is 0 Å². The van der Waals surface area contributed by atoms with Gasteiger partial charge in [0.25, 0.3) is 0 Å². The lowest BCUT2D eigenvalue weighted by molar-refractivity contribution is 1.33. The first kappa shape index (κ1) is 8.75. The van der Waals surface area contributed by atoms with Crippen LogP contribution >= 0.6 is 0 Å². The van der Waals surface area contributed by atoms with Gasteiger partial charge >= 0.3 is 0 Å². The third kappa shape index (κ3) is 1.59. The Morgan fingerprint density at radius 1 is 1.07 bits per heavy atom. The van der Waals surface area contributed by atoms with Crippen LogP contribution in [0, 0.1) is 6.92 Å². The van der Waals surface area contributed by atoms with Crippen LogP contribution in [-0.4, -0.2) is 4.98 Å². The minimum Gasteiger partial charge on any atom is -0.384 e. The summed E-state index contributed by atoms with van der Waals surface area (Å²) in [4.78, 5) is 4.07. The molecule has 2 rings (SSSR count). The van der Waals surface area contributed by atoms with Gasteiger partial charge in [-0.1, -0.05) is 24.3 Å². The number of aromatic nitrogens is 1. The highest BCUT2D eigenvalue weighted by Crippen LogP contribution is 2.22. The molecule has 0 spiro atoms. The van der Waals surface area contributed by atoms with E-state index in [-0.39, 0.29) is 0 Å². The van der Waals surface area contributed by atoms with Crippen molar-refractivity contribution in [1.82, 2.24) is 4.98 Å². The highest BCUT2D eigenvalue weighted by Gasteiger charge is 2.00. The predicted molar refractivity (Wildman–Crippen MR) is 58.8 cm³/mol. The minimum absolute atomic E-state index is 0.558. The van der Waals surface area contributed by atoms with Crippen molar-refractivity contribution in [2.75, 3.05) is 5.73 Å². The largest absolute Gasteiger partial charge is 0.384 e. The van der Waals surface area contributed by atoms with E-state index in [4.69, 9.17) is 5.73 Å². The van der Waals surface area contributed by atoms with Crippen molar-refractivity contribution in [3.8, 4) is 11.1 Å². The molecular formula is C12H12N2. The van der Waals surface area contributed by atoms with E-state index < -0.39 is 0 Å². The van der Waals surface area contributed by atoms with Gasteiger partial charge in [-0.3, -0.25) is 0 Å². The Labute approximate surface area is 83.4 Å². The number of aryl methyl sites for hydroxylation is 1. The fourth-order valence-electron chi connectivity index (χ4n) is 1.46. The molecule has 14 heavy (non-hydrogen) atoms. The van der Waals surface area contributed by atoms with Gasteiger partial charge in [0, 0.05) is 11.8 Å². The van der Waals surface area contributed by atoms with Crippen molar-refractivity contribution in [2.45, 2.75) is 6.92 Å². The molecule has 0 bridgehead atoms. The third-order valence-corrected chi connectivity index (χ3v) is 2.24. The van der Waals surface area contributed by atoms with Crippen LogP contribution in [-0.2, 0) is 0 Å². The van der Waals surface area contributed by atoms with E-state index in [2.05, 4.69) is 24.0 Å². The Kier molecular flexibility index (Phi) is 2.19. The molecule has 1 aromatic carbocycles. The fourth-order valence-corrected chi connectivity index (χ4v) is 1.46. The molecule has 0 aliphatic heterocycles. The van der Waals surface area contributed by atoms with Crippen LogP contribution < -0.4 is 5.73 Å². The van der Waals surface area contributed by atoms with Crippen LogP contribution in [0.5, 0.6) is 0 Å². The predicted octanol–water partition coefficient (Wildman–Crippen LogP) is 2.64. The summed E-state index contributed by atoms with van der Waals surface area (Å²) in [7, 11) is 0. The highest BCUT2D eigenvalue weighted by atomic mass is 14.8. The number of hydrogen-bond acceptors (Lipinski definition) is 2. The van der Waals surface area contributed by atoms with Crippen LogP contribution in [0.4, 0.5) is 5.82 Å². The number of benzene rings is 1. The fraction of sp³-hybridized carbons (Fsp3) is 0.0833. The molecule has 0 radical (unpaired) electrons. The van der Waals surface area contributed by atoms with E-state index in [1.54, 1.807) is 6.20 Å². The lowest BCUT2D eigenvalue weighted by atomic mass is 10.0. The monoisotopic (exact) mass is 184 g/mol. The van der Waals surface area contributed by atoms with Gasteiger partial charge in [-0.15, -0.1) is 0 Å². The first-order chi connectivity index (χ1) is 6.77. The Bertz CT molecular complexity index is 432. The highest BCUT2D eigenvalue weighted by molar-refractivity contribution is 5.66. The molecule has 0 aliphatic carbocycles. The smallest absolute Gasteiger partial charge is 0.123 e. The molecule has 0 saturated carbocycles. The molecule has 0 amide bonds. The summed E-state index contributed by atoms with van der Waals surface area (Å²) in [6.45, 7) is 2.09. The van der Waals surface area contributed by atoms with Gasteiger partial charge < -0.3 is 5.73 Å². The van der Waals surface area contributed by atoms with Gasteiger partial charge in [-0.2, -0.15) is 0 Å². The van der Waals surface area contributed by atoms with E-state index in [1.807, 2.05) is 24.3 Å². The Morgan fingerprint density at radius 3 is 2.50 bits per heavy atom. The first-order valence-electron chi connectivity index (χ1n) is 4.55. The number of hydrogen-bond donors (Lipinski definition) is 1. The molecule has 2 nitrogen and oxygen atoms in total. The van der Waals surface area contributed by atoms with Crippen LogP contribution in [0.25, 0.3) is 11.1 Å². The second-order valence-corrected chi connectivity index (χ2v) is 3.29. The number of nitrogens with zero attached hydrogens (tertiary/aromatic N) is 1. The van der Waals surface area contributed by atoms with Crippen LogP contribution in [0.3, 0.4) is 0 Å². The quantitative estimate of drug-likeness (QED) is 0.740. The molecule has 2 aromatic rings. The standard InChI is InChI=1S/C12H12N2/c1-9-4-2-3-5-11(9)10-6-7-12(13)14-8-10/h2-8H,1H3,(H2,13,14). The minimum atomic E-state index is 0.558. The Morgan fingerprint density at radius 2 is 1.86 bits per heavy atom. The van der Waals surface area contributed by atoms with Gasteiger partial charge in [-0.05, 0) is 30.2 Å². The SMILES string of the molecule is Cc1ccccc1-c1ccc(N)nc1. The summed E-state index contributed by atoms with van der Waals surface area (Å²) in [5, 5.41) is 0. The van der Waals surface area contributed by atoms with Crippen LogP contribution in [0.15, 0.2) is 42.6 Å². The number of anilines is 1. The van der Waals surface area contributed by atoms with E-state index >= 15 is 0 Å². The van der Waals surface area contributed by atoms with Gasteiger partial charge in [0.1, 0.15) is 5.82 Å². The van der Waals surface area contributed by atoms with Gasteiger partial charge in [0.15, 0.2) is 0 Å². The maximum absolute atomic E-state index is 5.53. The van der Waals surface area contributed by atoms with Crippen molar-refractivity contribution in [2.24, 2.45) is 0 Å². The second-order valence-electron chi connectivity index (χ2n) is 3.29. The molecular weight excluding hydrogens is 172 g/mol. The lowest BCUT2D eigenvalue weighted by Crippen LogP contribution is -1.89. The second kappa shape index (κ2) is 3.50. The maximum Gasteiger partial charge on any atom is 0.123 e.